The normalized spacial score (nSPS) is 24.1. The molecule has 3 aliphatic heterocycles. The Morgan fingerprint density at radius 1 is 0.769 bits per heavy atom. The molecule has 6 aromatic rings. The summed E-state index contributed by atoms with van der Waals surface area (Å²) in [6, 6.07) is 28.3. The van der Waals surface area contributed by atoms with E-state index in [1.807, 2.05) is 112 Å². The lowest BCUT2D eigenvalue weighted by atomic mass is 10.0. The molecule has 17 nitrogen and oxygen atoms in total. The van der Waals surface area contributed by atoms with E-state index in [0.717, 1.165) is 71.0 Å². The number of methoxy groups -OCH3 is 1. The van der Waals surface area contributed by atoms with E-state index in [0.29, 0.717) is 48.7 Å². The lowest BCUT2D eigenvalue weighted by molar-refractivity contribution is -0.188. The van der Waals surface area contributed by atoms with E-state index in [-0.39, 0.29) is 42.0 Å². The molecule has 0 spiro atoms. The van der Waals surface area contributed by atoms with Crippen LogP contribution in [0.5, 0.6) is 0 Å². The Kier molecular flexibility index (Phi) is 10.2. The van der Waals surface area contributed by atoms with Gasteiger partial charge in [0.25, 0.3) is 11.8 Å². The van der Waals surface area contributed by atoms with E-state index < -0.39 is 18.2 Å². The van der Waals surface area contributed by atoms with Gasteiger partial charge in [0.05, 0.1) is 48.4 Å². The molecule has 3 N–H and O–H groups in total. The summed E-state index contributed by atoms with van der Waals surface area (Å²) in [6.07, 6.45) is 3.95. The molecule has 4 aromatic carbocycles. The van der Waals surface area contributed by atoms with Crippen LogP contribution in [-0.2, 0) is 30.6 Å². The van der Waals surface area contributed by atoms with Crippen LogP contribution in [0.4, 0.5) is 15.3 Å². The maximum Gasteiger partial charge on any atom is 0.407 e. The number of H-pyrrole nitrogens is 2. The number of hydrogen-bond donors (Lipinski definition) is 3. The fourth-order valence-electron chi connectivity index (χ4n) is 10.3. The fourth-order valence-corrected chi connectivity index (χ4v) is 10.3. The first-order chi connectivity index (χ1) is 31.8. The van der Waals surface area contributed by atoms with Gasteiger partial charge < -0.3 is 39.6 Å². The Morgan fingerprint density at radius 2 is 1.38 bits per heavy atom. The third-order valence-corrected chi connectivity index (χ3v) is 13.7. The number of carbonyl (C=O) groups is 4. The standard InChI is InChI=1S/C48H48N10O7/c1-63-47(61)54-42(29-11-7-4-8-12-29)46(60)58-38-21-31(38)23-40(58)43-50-33-15-13-27(19-35(33)52-43)25-55-17-18-56(48(55)62)32-14-16-34-36(24-32)53-44(51-34)39-22-30-20-37(30)57(39)45(59)41(49-26-65-64-2)28-9-5-3-6-10-28/h3-16,19,24,26,30-31,37-42H,17-18,20-23,25H2,1-2H3,(H,50,52)(H,51,53)(H,54,61)/b49-26-/t30-,31-,37-,38-,39+,40+,41-,42-/m1/s1. The Bertz CT molecular complexity index is 2830. The first-order valence-corrected chi connectivity index (χ1v) is 22.1. The number of anilines is 1. The number of benzene rings is 4. The molecule has 11 rings (SSSR count). The Balaban J connectivity index is 0.778. The summed E-state index contributed by atoms with van der Waals surface area (Å²) in [7, 11) is 2.67. The number of nitrogens with one attached hydrogen (secondary N) is 3. The molecule has 65 heavy (non-hydrogen) atoms. The van der Waals surface area contributed by atoms with Crippen molar-refractivity contribution in [2.75, 3.05) is 32.2 Å². The monoisotopic (exact) mass is 876 g/mol. The predicted molar refractivity (Wildman–Crippen MR) is 238 cm³/mol. The number of amides is 5. The van der Waals surface area contributed by atoms with Crippen molar-refractivity contribution in [3.8, 4) is 0 Å². The van der Waals surface area contributed by atoms with Crippen molar-refractivity contribution in [1.29, 1.82) is 0 Å². The van der Waals surface area contributed by atoms with Crippen LogP contribution in [0.1, 0.15) is 78.2 Å². The Morgan fingerprint density at radius 3 is 2.03 bits per heavy atom. The molecule has 0 radical (unpaired) electrons. The van der Waals surface area contributed by atoms with Gasteiger partial charge in [-0.15, -0.1) is 0 Å². The molecule has 17 heteroatoms. The van der Waals surface area contributed by atoms with Gasteiger partial charge in [-0.2, -0.15) is 4.89 Å². The number of ether oxygens (including phenoxy) is 1. The molecule has 5 aliphatic rings. The van der Waals surface area contributed by atoms with Gasteiger partial charge in [-0.1, -0.05) is 66.7 Å². The topological polar surface area (TPSA) is 191 Å². The Labute approximate surface area is 373 Å². The van der Waals surface area contributed by atoms with Crippen molar-refractivity contribution in [2.45, 2.75) is 68.5 Å². The molecule has 332 valence electrons. The number of hydrogen-bond acceptors (Lipinski definition) is 10. The number of urea groups is 1. The largest absolute Gasteiger partial charge is 0.453 e. The number of likely N-dealkylation sites (tertiary alicyclic amines) is 2. The van der Waals surface area contributed by atoms with Gasteiger partial charge in [0.1, 0.15) is 17.7 Å². The highest BCUT2D eigenvalue weighted by molar-refractivity contribution is 5.96. The number of rotatable bonds is 13. The number of imidazole rings is 2. The highest BCUT2D eigenvalue weighted by Crippen LogP contribution is 2.55. The van der Waals surface area contributed by atoms with Crippen LogP contribution >= 0.6 is 0 Å². The average Bonchev–Trinajstić information content (AvgIpc) is 3.86. The van der Waals surface area contributed by atoms with Crippen LogP contribution in [-0.4, -0.2) is 104 Å². The van der Waals surface area contributed by atoms with Gasteiger partial charge in [-0.05, 0) is 84.5 Å². The predicted octanol–water partition coefficient (Wildman–Crippen LogP) is 6.65. The first-order valence-electron chi connectivity index (χ1n) is 22.1. The van der Waals surface area contributed by atoms with E-state index in [1.165, 1.54) is 14.2 Å². The molecule has 3 saturated heterocycles. The van der Waals surface area contributed by atoms with Crippen LogP contribution in [0.3, 0.4) is 0 Å². The quantitative estimate of drug-likeness (QED) is 0.0494. The summed E-state index contributed by atoms with van der Waals surface area (Å²) in [5.41, 5.74) is 6.27. The summed E-state index contributed by atoms with van der Waals surface area (Å²) in [4.78, 5) is 93.3. The van der Waals surface area contributed by atoms with Crippen LogP contribution in [0.15, 0.2) is 102 Å². The molecular weight excluding hydrogens is 829 g/mol. The van der Waals surface area contributed by atoms with Crippen molar-refractivity contribution >= 4 is 58.1 Å². The van der Waals surface area contributed by atoms with E-state index in [9.17, 15) is 19.2 Å². The summed E-state index contributed by atoms with van der Waals surface area (Å²) in [5.74, 6) is 1.88. The zero-order valence-electron chi connectivity index (χ0n) is 35.9. The van der Waals surface area contributed by atoms with Gasteiger partial charge in [0, 0.05) is 37.4 Å². The molecular formula is C48H48N10O7. The highest BCUT2D eigenvalue weighted by atomic mass is 17.2. The molecule has 2 aromatic heterocycles. The zero-order chi connectivity index (χ0) is 44.3. The number of aromatic amines is 2. The van der Waals surface area contributed by atoms with Crippen molar-refractivity contribution in [3.05, 3.63) is 125 Å². The minimum Gasteiger partial charge on any atom is -0.453 e. The molecule has 8 atom stereocenters. The van der Waals surface area contributed by atoms with Gasteiger partial charge in [0.15, 0.2) is 6.04 Å². The Hall–Kier alpha value is -7.27. The summed E-state index contributed by atoms with van der Waals surface area (Å²) in [5, 5.41) is 2.75. The molecule has 5 fully saturated rings. The van der Waals surface area contributed by atoms with Crippen molar-refractivity contribution < 1.29 is 33.7 Å². The number of fused-ring (bicyclic) bond motifs is 4. The molecule has 2 saturated carbocycles. The highest BCUT2D eigenvalue weighted by Gasteiger charge is 2.57. The van der Waals surface area contributed by atoms with Gasteiger partial charge in [-0.3, -0.25) is 14.5 Å². The summed E-state index contributed by atoms with van der Waals surface area (Å²) in [6.45, 7) is 1.46. The van der Waals surface area contributed by atoms with Crippen LogP contribution in [0.2, 0.25) is 0 Å². The molecule has 2 aliphatic carbocycles. The maximum atomic E-state index is 14.3. The number of alkyl carbamates (subject to hydrolysis) is 1. The van der Waals surface area contributed by atoms with E-state index in [4.69, 9.17) is 24.5 Å². The van der Waals surface area contributed by atoms with Gasteiger partial charge >= 0.3 is 12.1 Å². The van der Waals surface area contributed by atoms with Crippen LogP contribution in [0, 0.1) is 11.8 Å². The van der Waals surface area contributed by atoms with Gasteiger partial charge in [-0.25, -0.2) is 24.5 Å². The molecule has 0 bridgehead atoms. The molecule has 5 heterocycles. The second-order valence-electron chi connectivity index (χ2n) is 17.6. The second-order valence-corrected chi connectivity index (χ2v) is 17.6. The first kappa shape index (κ1) is 40.5. The SMILES string of the molecule is COO/C=N\[C@@H](C(=O)N1[C@@H]2C[C@@H]2C[C@H]1c1nc2cc(N3CCN(Cc4ccc5[nH]c([C@@H]6C[C@H]7C[C@H]7N6C(=O)[C@H](NC(=O)OC)c6ccccc6)nc5c4)C3=O)ccc2[nH]1)c1ccccc1. The summed E-state index contributed by atoms with van der Waals surface area (Å²) < 4.78 is 4.88. The minimum atomic E-state index is -0.897. The summed E-state index contributed by atoms with van der Waals surface area (Å²) >= 11 is 0. The number of aromatic nitrogens is 4. The van der Waals surface area contributed by atoms with E-state index >= 15 is 0 Å². The second kappa shape index (κ2) is 16.4. The lowest BCUT2D eigenvalue weighted by Gasteiger charge is -2.30. The molecule has 5 amide bonds. The van der Waals surface area contributed by atoms with Gasteiger partial charge in [0.2, 0.25) is 6.40 Å². The van der Waals surface area contributed by atoms with Crippen molar-refractivity contribution in [2.24, 2.45) is 16.8 Å². The van der Waals surface area contributed by atoms with Crippen molar-refractivity contribution in [3.63, 3.8) is 0 Å². The van der Waals surface area contributed by atoms with E-state index in [2.05, 4.69) is 20.3 Å². The number of nitrogens with zero attached hydrogens (tertiary/aromatic N) is 7. The lowest BCUT2D eigenvalue weighted by Crippen LogP contribution is -2.44. The number of carbonyl (C=O) groups excluding carboxylic acids is 4. The number of aliphatic imine (C=N–C) groups is 1. The third-order valence-electron chi connectivity index (χ3n) is 13.7. The minimum absolute atomic E-state index is 0.0855. The smallest absolute Gasteiger partial charge is 0.407 e. The zero-order valence-corrected chi connectivity index (χ0v) is 35.9. The van der Waals surface area contributed by atoms with E-state index in [1.54, 1.807) is 4.90 Å². The van der Waals surface area contributed by atoms with Crippen LogP contribution < -0.4 is 10.2 Å². The fraction of sp³-hybridized carbons (Fsp3) is 0.354. The average molecular weight is 877 g/mol. The maximum absolute atomic E-state index is 14.3. The van der Waals surface area contributed by atoms with Crippen molar-refractivity contribution in [1.82, 2.24) is 40.0 Å². The molecule has 0 unspecified atom stereocenters. The number of piperidine rings is 2. The van der Waals surface area contributed by atoms with Crippen LogP contribution in [0.25, 0.3) is 22.1 Å². The third kappa shape index (κ3) is 7.48.